The highest BCUT2D eigenvalue weighted by Gasteiger charge is 2.25. The zero-order valence-electron chi connectivity index (χ0n) is 13.2. The molecule has 5 nitrogen and oxygen atoms in total. The molecule has 1 aromatic rings. The monoisotopic (exact) mass is 303 g/mol. The van der Waals surface area contributed by atoms with E-state index in [1.54, 1.807) is 0 Å². The van der Waals surface area contributed by atoms with Gasteiger partial charge in [-0.15, -0.1) is 0 Å². The molecule has 1 unspecified atom stereocenters. The number of likely N-dealkylation sites (tertiary alicyclic amines) is 1. The maximum atomic E-state index is 12.5. The van der Waals surface area contributed by atoms with Crippen LogP contribution >= 0.6 is 0 Å². The van der Waals surface area contributed by atoms with E-state index in [4.69, 9.17) is 5.73 Å². The standard InChI is InChI=1S/C17H25N3O2/c1-2-4-16(21)19-15-5-3-10-20(12-15)17(22)14-8-6-13(11-18)7-9-14/h6-9,15H,2-5,10-12,18H2,1H3,(H,19,21). The lowest BCUT2D eigenvalue weighted by Gasteiger charge is -2.33. The Morgan fingerprint density at radius 2 is 2.05 bits per heavy atom. The molecule has 0 bridgehead atoms. The van der Waals surface area contributed by atoms with Gasteiger partial charge in [0.05, 0.1) is 0 Å². The molecule has 1 atom stereocenters. The summed E-state index contributed by atoms with van der Waals surface area (Å²) in [5, 5.41) is 3.02. The first-order valence-electron chi connectivity index (χ1n) is 8.01. The summed E-state index contributed by atoms with van der Waals surface area (Å²) in [7, 11) is 0. The number of hydrogen-bond donors (Lipinski definition) is 2. The van der Waals surface area contributed by atoms with Crippen molar-refractivity contribution in [1.82, 2.24) is 10.2 Å². The Morgan fingerprint density at radius 3 is 2.68 bits per heavy atom. The van der Waals surface area contributed by atoms with Crippen LogP contribution in [0.5, 0.6) is 0 Å². The molecule has 0 aromatic heterocycles. The van der Waals surface area contributed by atoms with Crippen LogP contribution in [-0.2, 0) is 11.3 Å². The highest BCUT2D eigenvalue weighted by Crippen LogP contribution is 2.15. The van der Waals surface area contributed by atoms with Gasteiger partial charge in [-0.2, -0.15) is 0 Å². The van der Waals surface area contributed by atoms with Gasteiger partial charge in [-0.3, -0.25) is 9.59 Å². The van der Waals surface area contributed by atoms with Crippen molar-refractivity contribution in [2.24, 2.45) is 5.73 Å². The van der Waals surface area contributed by atoms with Gasteiger partial charge in [0.25, 0.3) is 5.91 Å². The molecule has 1 aromatic carbocycles. The van der Waals surface area contributed by atoms with Crippen molar-refractivity contribution in [1.29, 1.82) is 0 Å². The Hall–Kier alpha value is -1.88. The molecule has 120 valence electrons. The molecule has 0 aliphatic carbocycles. The quantitative estimate of drug-likeness (QED) is 0.869. The fourth-order valence-corrected chi connectivity index (χ4v) is 2.77. The topological polar surface area (TPSA) is 75.4 Å². The Balaban J connectivity index is 1.95. The van der Waals surface area contributed by atoms with Crippen LogP contribution in [0.2, 0.25) is 0 Å². The number of piperidine rings is 1. The summed E-state index contributed by atoms with van der Waals surface area (Å²) in [4.78, 5) is 26.1. The summed E-state index contributed by atoms with van der Waals surface area (Å²) in [6.07, 6.45) is 3.24. The lowest BCUT2D eigenvalue weighted by atomic mass is 10.0. The van der Waals surface area contributed by atoms with E-state index in [2.05, 4.69) is 5.32 Å². The van der Waals surface area contributed by atoms with Crippen LogP contribution in [0.15, 0.2) is 24.3 Å². The van der Waals surface area contributed by atoms with Crippen LogP contribution in [0.25, 0.3) is 0 Å². The highest BCUT2D eigenvalue weighted by molar-refractivity contribution is 5.94. The molecular weight excluding hydrogens is 278 g/mol. The molecule has 1 saturated heterocycles. The summed E-state index contributed by atoms with van der Waals surface area (Å²) >= 11 is 0. The highest BCUT2D eigenvalue weighted by atomic mass is 16.2. The van der Waals surface area contributed by atoms with Gasteiger partial charge in [0.2, 0.25) is 5.91 Å². The number of amides is 2. The van der Waals surface area contributed by atoms with Crippen molar-refractivity contribution in [2.75, 3.05) is 13.1 Å². The molecule has 1 heterocycles. The Bertz CT molecular complexity index is 513. The summed E-state index contributed by atoms with van der Waals surface area (Å²) < 4.78 is 0. The summed E-state index contributed by atoms with van der Waals surface area (Å²) in [6, 6.07) is 7.49. The van der Waals surface area contributed by atoms with Crippen LogP contribution < -0.4 is 11.1 Å². The predicted molar refractivity (Wildman–Crippen MR) is 86.3 cm³/mol. The lowest BCUT2D eigenvalue weighted by molar-refractivity contribution is -0.122. The maximum Gasteiger partial charge on any atom is 0.253 e. The largest absolute Gasteiger partial charge is 0.352 e. The lowest BCUT2D eigenvalue weighted by Crippen LogP contribution is -2.49. The van der Waals surface area contributed by atoms with Crippen molar-refractivity contribution in [2.45, 2.75) is 45.2 Å². The van der Waals surface area contributed by atoms with E-state index in [1.165, 1.54) is 0 Å². The van der Waals surface area contributed by atoms with E-state index in [0.717, 1.165) is 31.4 Å². The fourth-order valence-electron chi connectivity index (χ4n) is 2.77. The van der Waals surface area contributed by atoms with Gasteiger partial charge in [-0.25, -0.2) is 0 Å². The zero-order valence-corrected chi connectivity index (χ0v) is 13.2. The van der Waals surface area contributed by atoms with Crippen molar-refractivity contribution in [3.05, 3.63) is 35.4 Å². The normalized spacial score (nSPS) is 18.1. The second-order valence-corrected chi connectivity index (χ2v) is 5.81. The van der Waals surface area contributed by atoms with Crippen molar-refractivity contribution >= 4 is 11.8 Å². The third-order valence-corrected chi connectivity index (χ3v) is 3.99. The summed E-state index contributed by atoms with van der Waals surface area (Å²) in [5.74, 6) is 0.104. The minimum atomic E-state index is 0.0259. The number of benzene rings is 1. The molecule has 5 heteroatoms. The van der Waals surface area contributed by atoms with E-state index in [-0.39, 0.29) is 17.9 Å². The maximum absolute atomic E-state index is 12.5. The third-order valence-electron chi connectivity index (χ3n) is 3.99. The Kier molecular flexibility index (Phi) is 5.95. The van der Waals surface area contributed by atoms with E-state index < -0.39 is 0 Å². The number of nitrogens with zero attached hydrogens (tertiary/aromatic N) is 1. The molecular formula is C17H25N3O2. The molecule has 1 fully saturated rings. The SMILES string of the molecule is CCCC(=O)NC1CCCN(C(=O)c2ccc(CN)cc2)C1. The van der Waals surface area contributed by atoms with Crippen LogP contribution in [0.3, 0.4) is 0 Å². The van der Waals surface area contributed by atoms with Gasteiger partial charge in [-0.05, 0) is 37.0 Å². The first-order valence-corrected chi connectivity index (χ1v) is 8.01. The fraction of sp³-hybridized carbons (Fsp3) is 0.529. The van der Waals surface area contributed by atoms with E-state index >= 15 is 0 Å². The summed E-state index contributed by atoms with van der Waals surface area (Å²) in [5.41, 5.74) is 7.26. The molecule has 0 radical (unpaired) electrons. The van der Waals surface area contributed by atoms with E-state index in [0.29, 0.717) is 25.1 Å². The van der Waals surface area contributed by atoms with Crippen molar-refractivity contribution < 1.29 is 9.59 Å². The molecule has 0 saturated carbocycles. The molecule has 1 aliphatic rings. The van der Waals surface area contributed by atoms with Gasteiger partial charge in [0, 0.05) is 37.7 Å². The minimum Gasteiger partial charge on any atom is -0.352 e. The van der Waals surface area contributed by atoms with Gasteiger partial charge in [0.1, 0.15) is 0 Å². The van der Waals surface area contributed by atoms with Crippen LogP contribution in [0.1, 0.15) is 48.5 Å². The van der Waals surface area contributed by atoms with Gasteiger partial charge in [0.15, 0.2) is 0 Å². The van der Waals surface area contributed by atoms with Gasteiger partial charge in [-0.1, -0.05) is 19.1 Å². The van der Waals surface area contributed by atoms with E-state index in [9.17, 15) is 9.59 Å². The third kappa shape index (κ3) is 4.31. The molecule has 22 heavy (non-hydrogen) atoms. The second-order valence-electron chi connectivity index (χ2n) is 5.81. The van der Waals surface area contributed by atoms with Crippen LogP contribution in [0, 0.1) is 0 Å². The number of nitrogens with two attached hydrogens (primary N) is 1. The average molecular weight is 303 g/mol. The molecule has 0 spiro atoms. The molecule has 3 N–H and O–H groups in total. The number of carbonyl (C=O) groups is 2. The van der Waals surface area contributed by atoms with Gasteiger partial charge < -0.3 is 16.0 Å². The number of hydrogen-bond acceptors (Lipinski definition) is 3. The van der Waals surface area contributed by atoms with Crippen LogP contribution in [-0.4, -0.2) is 35.8 Å². The zero-order chi connectivity index (χ0) is 15.9. The number of nitrogens with one attached hydrogen (secondary N) is 1. The number of rotatable bonds is 5. The smallest absolute Gasteiger partial charge is 0.253 e. The first-order chi connectivity index (χ1) is 10.6. The average Bonchev–Trinajstić information content (AvgIpc) is 2.54. The molecule has 2 rings (SSSR count). The second kappa shape index (κ2) is 7.94. The Morgan fingerprint density at radius 1 is 1.32 bits per heavy atom. The molecule has 2 amide bonds. The first kappa shape index (κ1) is 16.5. The number of carbonyl (C=O) groups excluding carboxylic acids is 2. The van der Waals surface area contributed by atoms with Crippen LogP contribution in [0.4, 0.5) is 0 Å². The van der Waals surface area contributed by atoms with Gasteiger partial charge >= 0.3 is 0 Å². The summed E-state index contributed by atoms with van der Waals surface area (Å²) in [6.45, 7) is 3.80. The Labute approximate surface area is 131 Å². The van der Waals surface area contributed by atoms with Crippen molar-refractivity contribution in [3.63, 3.8) is 0 Å². The minimum absolute atomic E-state index is 0.0259. The molecule has 1 aliphatic heterocycles. The predicted octanol–water partition coefficient (Wildman–Crippen LogP) is 1.67. The van der Waals surface area contributed by atoms with E-state index in [1.807, 2.05) is 36.1 Å². The van der Waals surface area contributed by atoms with Crippen molar-refractivity contribution in [3.8, 4) is 0 Å².